The SMILES string of the molecule is Cn1cnc(CNC(=O)c2cc(N)ccc2[N+](=O)[O-])n1. The number of aromatic nitrogens is 3. The molecule has 0 bridgehead atoms. The predicted molar refractivity (Wildman–Crippen MR) is 69.7 cm³/mol. The molecule has 2 rings (SSSR count). The van der Waals surface area contributed by atoms with E-state index in [2.05, 4.69) is 15.4 Å². The maximum atomic E-state index is 12.0. The highest BCUT2D eigenvalue weighted by atomic mass is 16.6. The lowest BCUT2D eigenvalue weighted by Crippen LogP contribution is -2.24. The van der Waals surface area contributed by atoms with E-state index < -0.39 is 10.8 Å². The van der Waals surface area contributed by atoms with Gasteiger partial charge in [0.05, 0.1) is 11.5 Å². The molecule has 1 aromatic heterocycles. The van der Waals surface area contributed by atoms with Crippen LogP contribution >= 0.6 is 0 Å². The number of nitrogen functional groups attached to an aromatic ring is 1. The van der Waals surface area contributed by atoms with Crippen molar-refractivity contribution in [3.8, 4) is 0 Å². The molecule has 1 aromatic carbocycles. The summed E-state index contributed by atoms with van der Waals surface area (Å²) in [5, 5.41) is 17.4. The Morgan fingerprint density at radius 3 is 2.90 bits per heavy atom. The van der Waals surface area contributed by atoms with Gasteiger partial charge in [0.25, 0.3) is 11.6 Å². The van der Waals surface area contributed by atoms with Crippen LogP contribution in [0.2, 0.25) is 0 Å². The molecule has 9 nitrogen and oxygen atoms in total. The Balaban J connectivity index is 2.16. The minimum Gasteiger partial charge on any atom is -0.399 e. The van der Waals surface area contributed by atoms with Crippen molar-refractivity contribution in [2.45, 2.75) is 6.54 Å². The Kier molecular flexibility index (Phi) is 3.60. The number of carbonyl (C=O) groups is 1. The largest absolute Gasteiger partial charge is 0.399 e. The Labute approximate surface area is 113 Å². The van der Waals surface area contributed by atoms with E-state index in [1.54, 1.807) is 7.05 Å². The maximum Gasteiger partial charge on any atom is 0.282 e. The standard InChI is InChI=1S/C11H12N6O3/c1-16-6-14-10(15-16)5-13-11(18)8-4-7(12)2-3-9(8)17(19)20/h2-4,6H,5,12H2,1H3,(H,13,18). The molecule has 3 N–H and O–H groups in total. The van der Waals surface area contributed by atoms with E-state index in [0.717, 1.165) is 0 Å². The third kappa shape index (κ3) is 2.88. The van der Waals surface area contributed by atoms with Gasteiger partial charge in [0, 0.05) is 18.8 Å². The van der Waals surface area contributed by atoms with Crippen molar-refractivity contribution in [3.63, 3.8) is 0 Å². The maximum absolute atomic E-state index is 12.0. The molecule has 104 valence electrons. The second kappa shape index (κ2) is 5.34. The minimum atomic E-state index is -0.632. The van der Waals surface area contributed by atoms with Crippen LogP contribution in [0.15, 0.2) is 24.5 Å². The fraction of sp³-hybridized carbons (Fsp3) is 0.182. The molecule has 0 unspecified atom stereocenters. The number of carbonyl (C=O) groups excluding carboxylic acids is 1. The number of anilines is 1. The van der Waals surface area contributed by atoms with Crippen LogP contribution < -0.4 is 11.1 Å². The number of hydrogen-bond acceptors (Lipinski definition) is 6. The van der Waals surface area contributed by atoms with E-state index in [1.165, 1.54) is 29.2 Å². The number of nitro benzene ring substituents is 1. The molecule has 0 aliphatic rings. The number of aryl methyl sites for hydroxylation is 1. The summed E-state index contributed by atoms with van der Waals surface area (Å²) in [6, 6.07) is 3.83. The molecule has 0 saturated heterocycles. The monoisotopic (exact) mass is 276 g/mol. The van der Waals surface area contributed by atoms with Gasteiger partial charge >= 0.3 is 0 Å². The van der Waals surface area contributed by atoms with Crippen molar-refractivity contribution in [2.24, 2.45) is 7.05 Å². The fourth-order valence-electron chi connectivity index (χ4n) is 1.61. The smallest absolute Gasteiger partial charge is 0.282 e. The molecule has 0 fully saturated rings. The first-order valence-corrected chi connectivity index (χ1v) is 5.64. The van der Waals surface area contributed by atoms with Crippen molar-refractivity contribution in [3.05, 3.63) is 46.0 Å². The number of amides is 1. The normalized spacial score (nSPS) is 10.2. The quantitative estimate of drug-likeness (QED) is 0.467. The number of hydrogen-bond donors (Lipinski definition) is 2. The zero-order chi connectivity index (χ0) is 14.7. The summed E-state index contributed by atoms with van der Waals surface area (Å²) in [6.07, 6.45) is 1.49. The average molecular weight is 276 g/mol. The first kappa shape index (κ1) is 13.5. The van der Waals surface area contributed by atoms with Crippen molar-refractivity contribution in [2.75, 3.05) is 5.73 Å². The number of benzene rings is 1. The topological polar surface area (TPSA) is 129 Å². The highest BCUT2D eigenvalue weighted by molar-refractivity contribution is 5.98. The summed E-state index contributed by atoms with van der Waals surface area (Å²) in [4.78, 5) is 26.1. The van der Waals surface area contributed by atoms with E-state index in [1.807, 2.05) is 0 Å². The molecule has 20 heavy (non-hydrogen) atoms. The van der Waals surface area contributed by atoms with Gasteiger partial charge in [0.15, 0.2) is 5.82 Å². The molecule has 2 aromatic rings. The molecule has 0 atom stereocenters. The second-order valence-corrected chi connectivity index (χ2v) is 4.05. The van der Waals surface area contributed by atoms with Crippen molar-refractivity contribution in [1.29, 1.82) is 0 Å². The number of nitro groups is 1. The second-order valence-electron chi connectivity index (χ2n) is 4.05. The molecule has 1 amide bonds. The Hall–Kier alpha value is -2.97. The first-order valence-electron chi connectivity index (χ1n) is 5.64. The van der Waals surface area contributed by atoms with Crippen LogP contribution in [0.4, 0.5) is 11.4 Å². The van der Waals surface area contributed by atoms with Gasteiger partial charge in [0.2, 0.25) is 0 Å². The first-order chi connectivity index (χ1) is 9.47. The molecule has 9 heteroatoms. The van der Waals surface area contributed by atoms with Crippen LogP contribution in [0.25, 0.3) is 0 Å². The molecular formula is C11H12N6O3. The van der Waals surface area contributed by atoms with Gasteiger partial charge in [-0.1, -0.05) is 0 Å². The summed E-state index contributed by atoms with van der Waals surface area (Å²) >= 11 is 0. The van der Waals surface area contributed by atoms with E-state index >= 15 is 0 Å². The van der Waals surface area contributed by atoms with E-state index in [-0.39, 0.29) is 23.5 Å². The van der Waals surface area contributed by atoms with Gasteiger partial charge in [-0.3, -0.25) is 19.6 Å². The molecule has 0 aliphatic carbocycles. The Morgan fingerprint density at radius 1 is 1.55 bits per heavy atom. The lowest BCUT2D eigenvalue weighted by molar-refractivity contribution is -0.385. The minimum absolute atomic E-state index is 0.0750. The Morgan fingerprint density at radius 2 is 2.30 bits per heavy atom. The lowest BCUT2D eigenvalue weighted by Gasteiger charge is -2.04. The third-order valence-corrected chi connectivity index (χ3v) is 2.52. The number of nitrogens with zero attached hydrogens (tertiary/aromatic N) is 4. The van der Waals surface area contributed by atoms with Gasteiger partial charge in [-0.2, -0.15) is 5.10 Å². The van der Waals surface area contributed by atoms with E-state index in [9.17, 15) is 14.9 Å². The zero-order valence-corrected chi connectivity index (χ0v) is 10.6. The molecular weight excluding hydrogens is 264 g/mol. The van der Waals surface area contributed by atoms with Crippen molar-refractivity contribution >= 4 is 17.3 Å². The highest BCUT2D eigenvalue weighted by Gasteiger charge is 2.20. The van der Waals surface area contributed by atoms with Crippen LogP contribution in [-0.2, 0) is 13.6 Å². The number of nitrogens with two attached hydrogens (primary N) is 1. The van der Waals surface area contributed by atoms with Crippen LogP contribution in [-0.4, -0.2) is 25.6 Å². The molecule has 0 spiro atoms. The summed E-state index contributed by atoms with van der Waals surface area (Å²) in [7, 11) is 1.70. The number of rotatable bonds is 4. The van der Waals surface area contributed by atoms with Crippen molar-refractivity contribution in [1.82, 2.24) is 20.1 Å². The molecule has 0 aliphatic heterocycles. The third-order valence-electron chi connectivity index (χ3n) is 2.52. The van der Waals surface area contributed by atoms with Gasteiger partial charge < -0.3 is 11.1 Å². The zero-order valence-electron chi connectivity index (χ0n) is 10.6. The van der Waals surface area contributed by atoms with Crippen molar-refractivity contribution < 1.29 is 9.72 Å². The van der Waals surface area contributed by atoms with Crippen LogP contribution in [0.3, 0.4) is 0 Å². The lowest BCUT2D eigenvalue weighted by atomic mass is 10.1. The van der Waals surface area contributed by atoms with E-state index in [0.29, 0.717) is 5.82 Å². The average Bonchev–Trinajstić information content (AvgIpc) is 2.81. The van der Waals surface area contributed by atoms with Crippen LogP contribution in [0.1, 0.15) is 16.2 Å². The van der Waals surface area contributed by atoms with Gasteiger partial charge in [-0.15, -0.1) is 0 Å². The van der Waals surface area contributed by atoms with Gasteiger partial charge in [-0.05, 0) is 12.1 Å². The number of nitrogens with one attached hydrogen (secondary N) is 1. The van der Waals surface area contributed by atoms with E-state index in [4.69, 9.17) is 5.73 Å². The molecule has 1 heterocycles. The van der Waals surface area contributed by atoms with Crippen LogP contribution in [0, 0.1) is 10.1 Å². The highest BCUT2D eigenvalue weighted by Crippen LogP contribution is 2.21. The van der Waals surface area contributed by atoms with Crippen LogP contribution in [0.5, 0.6) is 0 Å². The molecule has 0 saturated carbocycles. The summed E-state index contributed by atoms with van der Waals surface area (Å²) < 4.78 is 1.49. The summed E-state index contributed by atoms with van der Waals surface area (Å²) in [6.45, 7) is 0.0750. The molecule has 0 radical (unpaired) electrons. The predicted octanol–water partition coefficient (Wildman–Crippen LogP) is 0.235. The van der Waals surface area contributed by atoms with Gasteiger partial charge in [-0.25, -0.2) is 4.98 Å². The fourth-order valence-corrected chi connectivity index (χ4v) is 1.61. The summed E-state index contributed by atoms with van der Waals surface area (Å²) in [5.74, 6) is -0.191. The Bertz CT molecular complexity index is 666. The summed E-state index contributed by atoms with van der Waals surface area (Å²) in [5.41, 5.74) is 5.43. The van der Waals surface area contributed by atoms with Gasteiger partial charge in [0.1, 0.15) is 11.9 Å².